The first-order valence-electron chi connectivity index (χ1n) is 10.2. The van der Waals surface area contributed by atoms with Crippen molar-refractivity contribution in [1.29, 1.82) is 0 Å². The van der Waals surface area contributed by atoms with E-state index in [0.717, 1.165) is 16.7 Å². The summed E-state index contributed by atoms with van der Waals surface area (Å²) in [5, 5.41) is 15.1. The number of nitrogens with one attached hydrogen (secondary N) is 1. The van der Waals surface area contributed by atoms with E-state index in [1.165, 1.54) is 12.1 Å². The van der Waals surface area contributed by atoms with E-state index >= 15 is 0 Å². The van der Waals surface area contributed by atoms with E-state index in [4.69, 9.17) is 18.9 Å². The lowest BCUT2D eigenvalue weighted by atomic mass is 10.2. The zero-order valence-electron chi connectivity index (χ0n) is 18.9. The topological polar surface area (TPSA) is 104 Å². The zero-order chi connectivity index (χ0) is 24.5. The van der Waals surface area contributed by atoms with Gasteiger partial charge in [0.25, 0.3) is 5.69 Å². The lowest BCUT2D eigenvalue weighted by Gasteiger charge is -2.13. The summed E-state index contributed by atoms with van der Waals surface area (Å²) in [7, 11) is 4.74. The second-order valence-corrected chi connectivity index (χ2v) is 7.88. The van der Waals surface area contributed by atoms with Crippen LogP contribution in [0.1, 0.15) is 16.7 Å². The number of nitro benzene ring substituents is 1. The summed E-state index contributed by atoms with van der Waals surface area (Å²) in [5.74, 6) is 2.38. The molecule has 9 nitrogen and oxygen atoms in total. The highest BCUT2D eigenvalue weighted by atomic mass is 79.9. The van der Waals surface area contributed by atoms with Crippen molar-refractivity contribution in [2.75, 3.05) is 21.3 Å². The van der Waals surface area contributed by atoms with Crippen LogP contribution in [0.2, 0.25) is 0 Å². The van der Waals surface area contributed by atoms with Crippen molar-refractivity contribution in [3.63, 3.8) is 0 Å². The lowest BCUT2D eigenvalue weighted by molar-refractivity contribution is -0.384. The summed E-state index contributed by atoms with van der Waals surface area (Å²) in [5.41, 5.74) is 5.62. The first kappa shape index (κ1) is 24.8. The summed E-state index contributed by atoms with van der Waals surface area (Å²) < 4.78 is 22.6. The van der Waals surface area contributed by atoms with Crippen molar-refractivity contribution in [3.05, 3.63) is 85.9 Å². The monoisotopic (exact) mass is 529 g/mol. The molecule has 0 aromatic heterocycles. The van der Waals surface area contributed by atoms with Gasteiger partial charge in [-0.15, -0.1) is 0 Å². The maximum atomic E-state index is 10.8. The van der Waals surface area contributed by atoms with Crippen LogP contribution in [-0.4, -0.2) is 32.5 Å². The Morgan fingerprint density at radius 2 is 1.62 bits per heavy atom. The molecule has 1 N–H and O–H groups in total. The number of benzene rings is 3. The Bertz CT molecular complexity index is 1170. The van der Waals surface area contributed by atoms with Gasteiger partial charge in [0.2, 0.25) is 0 Å². The average molecular weight is 530 g/mol. The van der Waals surface area contributed by atoms with Crippen LogP contribution in [0.3, 0.4) is 0 Å². The minimum Gasteiger partial charge on any atom is -0.493 e. The summed E-state index contributed by atoms with van der Waals surface area (Å²) in [6.45, 7) is 0.735. The molecule has 0 radical (unpaired) electrons. The van der Waals surface area contributed by atoms with E-state index in [0.29, 0.717) is 34.0 Å². The van der Waals surface area contributed by atoms with E-state index in [-0.39, 0.29) is 12.3 Å². The van der Waals surface area contributed by atoms with Gasteiger partial charge < -0.3 is 24.4 Å². The second-order valence-electron chi connectivity index (χ2n) is 7.03. The standard InChI is InChI=1S/C24H24BrN3O6/c1-31-21-9-6-17(11-22(21)32-2)13-26-27-14-18-10-20(25)24(23(12-18)33-3)34-15-16-4-7-19(8-5-16)28(29)30/h4-12,14,26H,13,15H2,1-3H3/b27-14-. The third-order valence-electron chi connectivity index (χ3n) is 4.82. The number of methoxy groups -OCH3 is 3. The maximum Gasteiger partial charge on any atom is 0.269 e. The molecule has 0 fully saturated rings. The lowest BCUT2D eigenvalue weighted by Crippen LogP contribution is -2.06. The van der Waals surface area contributed by atoms with Gasteiger partial charge in [-0.3, -0.25) is 10.1 Å². The Labute approximate surface area is 205 Å². The molecule has 0 saturated heterocycles. The van der Waals surface area contributed by atoms with E-state index in [1.807, 2.05) is 24.3 Å². The van der Waals surface area contributed by atoms with Crippen LogP contribution in [0, 0.1) is 10.1 Å². The van der Waals surface area contributed by atoms with Crippen LogP contribution in [0.15, 0.2) is 64.2 Å². The molecule has 10 heteroatoms. The van der Waals surface area contributed by atoms with Crippen LogP contribution >= 0.6 is 15.9 Å². The summed E-state index contributed by atoms with van der Waals surface area (Å²) in [6.07, 6.45) is 1.67. The van der Waals surface area contributed by atoms with Crippen molar-refractivity contribution in [3.8, 4) is 23.0 Å². The Morgan fingerprint density at radius 1 is 0.941 bits per heavy atom. The van der Waals surface area contributed by atoms with Gasteiger partial charge in [0.15, 0.2) is 23.0 Å². The molecule has 0 aliphatic carbocycles. The summed E-state index contributed by atoms with van der Waals surface area (Å²) in [6, 6.07) is 15.5. The molecular formula is C24H24BrN3O6. The van der Waals surface area contributed by atoms with Crippen molar-refractivity contribution < 1.29 is 23.9 Å². The second kappa shape index (κ2) is 11.9. The van der Waals surface area contributed by atoms with Crippen LogP contribution in [0.25, 0.3) is 0 Å². The molecule has 0 aliphatic rings. The Kier molecular flexibility index (Phi) is 8.69. The fourth-order valence-corrected chi connectivity index (χ4v) is 3.65. The number of halogens is 1. The van der Waals surface area contributed by atoms with Gasteiger partial charge in [0, 0.05) is 12.1 Å². The van der Waals surface area contributed by atoms with E-state index in [9.17, 15) is 10.1 Å². The molecule has 0 heterocycles. The predicted octanol–water partition coefficient (Wildman–Crippen LogP) is 5.09. The molecule has 0 saturated carbocycles. The quantitative estimate of drug-likeness (QED) is 0.209. The van der Waals surface area contributed by atoms with Gasteiger partial charge in [-0.05, 0) is 69.0 Å². The number of ether oxygens (including phenoxy) is 4. The predicted molar refractivity (Wildman–Crippen MR) is 132 cm³/mol. The molecular weight excluding hydrogens is 506 g/mol. The fourth-order valence-electron chi connectivity index (χ4n) is 3.07. The molecule has 3 rings (SSSR count). The number of rotatable bonds is 11. The molecule has 3 aromatic carbocycles. The van der Waals surface area contributed by atoms with Gasteiger partial charge in [0.1, 0.15) is 6.61 Å². The van der Waals surface area contributed by atoms with Crippen LogP contribution in [0.5, 0.6) is 23.0 Å². The molecule has 0 amide bonds. The number of nitro groups is 1. The minimum absolute atomic E-state index is 0.0332. The van der Waals surface area contributed by atoms with Gasteiger partial charge in [-0.25, -0.2) is 0 Å². The number of nitrogens with zero attached hydrogens (tertiary/aromatic N) is 2. The molecule has 0 aliphatic heterocycles. The molecule has 0 spiro atoms. The zero-order valence-corrected chi connectivity index (χ0v) is 20.5. The van der Waals surface area contributed by atoms with Gasteiger partial charge in [-0.1, -0.05) is 6.07 Å². The number of hydrazone groups is 1. The Hall–Kier alpha value is -3.79. The molecule has 0 atom stereocenters. The average Bonchev–Trinajstić information content (AvgIpc) is 2.85. The fraction of sp³-hybridized carbons (Fsp3) is 0.208. The SMILES string of the molecule is COc1ccc(CN/N=C\c2cc(Br)c(OCc3ccc([N+](=O)[O-])cc3)c(OC)c2)cc1OC. The van der Waals surface area contributed by atoms with Gasteiger partial charge in [-0.2, -0.15) is 5.10 Å². The van der Waals surface area contributed by atoms with Crippen LogP contribution < -0.4 is 24.4 Å². The third kappa shape index (κ3) is 6.38. The smallest absolute Gasteiger partial charge is 0.269 e. The van der Waals surface area contributed by atoms with Gasteiger partial charge in [0.05, 0.1) is 43.5 Å². The molecule has 0 bridgehead atoms. The molecule has 34 heavy (non-hydrogen) atoms. The highest BCUT2D eigenvalue weighted by molar-refractivity contribution is 9.10. The first-order chi connectivity index (χ1) is 16.4. The maximum absolute atomic E-state index is 10.8. The highest BCUT2D eigenvalue weighted by Gasteiger charge is 2.12. The number of hydrogen-bond donors (Lipinski definition) is 1. The minimum atomic E-state index is -0.437. The van der Waals surface area contributed by atoms with Crippen LogP contribution in [0.4, 0.5) is 5.69 Å². The van der Waals surface area contributed by atoms with Crippen molar-refractivity contribution in [2.45, 2.75) is 13.2 Å². The Balaban J connectivity index is 1.63. The van der Waals surface area contributed by atoms with Crippen molar-refractivity contribution >= 4 is 27.8 Å². The van der Waals surface area contributed by atoms with Crippen molar-refractivity contribution in [1.82, 2.24) is 5.43 Å². The normalized spacial score (nSPS) is 10.7. The van der Waals surface area contributed by atoms with Crippen molar-refractivity contribution in [2.24, 2.45) is 5.10 Å². The number of non-ortho nitro benzene ring substituents is 1. The Morgan fingerprint density at radius 3 is 2.26 bits per heavy atom. The number of hydrogen-bond acceptors (Lipinski definition) is 8. The summed E-state index contributed by atoms with van der Waals surface area (Å²) >= 11 is 3.52. The molecule has 0 unspecified atom stereocenters. The molecule has 3 aromatic rings. The first-order valence-corrected chi connectivity index (χ1v) is 10.9. The molecule has 178 valence electrons. The van der Waals surface area contributed by atoms with Gasteiger partial charge >= 0.3 is 0 Å². The third-order valence-corrected chi connectivity index (χ3v) is 5.41. The van der Waals surface area contributed by atoms with E-state index < -0.39 is 4.92 Å². The van der Waals surface area contributed by atoms with E-state index in [2.05, 4.69) is 26.5 Å². The van der Waals surface area contributed by atoms with Crippen LogP contribution in [-0.2, 0) is 13.2 Å². The largest absolute Gasteiger partial charge is 0.493 e. The highest BCUT2D eigenvalue weighted by Crippen LogP contribution is 2.37. The summed E-state index contributed by atoms with van der Waals surface area (Å²) in [4.78, 5) is 10.4. The van der Waals surface area contributed by atoms with E-state index in [1.54, 1.807) is 45.7 Å².